The zero-order chi connectivity index (χ0) is 12.1. The topological polar surface area (TPSA) is 26.3 Å². The number of esters is 1. The quantitative estimate of drug-likeness (QED) is 0.589. The Morgan fingerprint density at radius 2 is 1.81 bits per heavy atom. The van der Waals surface area contributed by atoms with Gasteiger partial charge in [0.2, 0.25) is 0 Å². The van der Waals surface area contributed by atoms with Gasteiger partial charge in [0.1, 0.15) is 23.0 Å². The van der Waals surface area contributed by atoms with E-state index in [0.29, 0.717) is 18.6 Å². The van der Waals surface area contributed by atoms with Crippen LogP contribution >= 0.6 is 0 Å². The molecule has 0 bridgehead atoms. The fraction of sp³-hybridized carbons (Fsp3) is 0.364. The SMILES string of the molecule is CCCCOC(=O)c1c(F)cc(F)cc1F. The van der Waals surface area contributed by atoms with Gasteiger partial charge in [0.15, 0.2) is 0 Å². The lowest BCUT2D eigenvalue weighted by atomic mass is 10.2. The molecule has 0 unspecified atom stereocenters. The van der Waals surface area contributed by atoms with Crippen molar-refractivity contribution in [2.75, 3.05) is 6.61 Å². The molecule has 0 heterocycles. The molecule has 0 amide bonds. The van der Waals surface area contributed by atoms with Crippen molar-refractivity contribution in [1.29, 1.82) is 0 Å². The molecule has 88 valence electrons. The Morgan fingerprint density at radius 3 is 2.31 bits per heavy atom. The lowest BCUT2D eigenvalue weighted by Crippen LogP contribution is -2.11. The van der Waals surface area contributed by atoms with E-state index in [0.717, 1.165) is 6.42 Å². The minimum Gasteiger partial charge on any atom is -0.462 e. The summed E-state index contributed by atoms with van der Waals surface area (Å²) in [5, 5.41) is 0. The van der Waals surface area contributed by atoms with Crippen molar-refractivity contribution >= 4 is 5.97 Å². The molecule has 0 aromatic heterocycles. The van der Waals surface area contributed by atoms with E-state index in [9.17, 15) is 18.0 Å². The highest BCUT2D eigenvalue weighted by atomic mass is 19.1. The molecule has 0 saturated carbocycles. The summed E-state index contributed by atoms with van der Waals surface area (Å²) in [4.78, 5) is 11.2. The fourth-order valence-corrected chi connectivity index (χ4v) is 1.12. The van der Waals surface area contributed by atoms with Crippen LogP contribution in [-0.2, 0) is 4.74 Å². The molecule has 16 heavy (non-hydrogen) atoms. The van der Waals surface area contributed by atoms with E-state index in [4.69, 9.17) is 0 Å². The van der Waals surface area contributed by atoms with E-state index in [-0.39, 0.29) is 6.61 Å². The molecule has 0 N–H and O–H groups in total. The highest BCUT2D eigenvalue weighted by Gasteiger charge is 2.20. The van der Waals surface area contributed by atoms with Crippen molar-refractivity contribution in [3.8, 4) is 0 Å². The van der Waals surface area contributed by atoms with Gasteiger partial charge >= 0.3 is 5.97 Å². The second-order valence-electron chi connectivity index (χ2n) is 3.23. The third kappa shape index (κ3) is 2.98. The molecule has 5 heteroatoms. The zero-order valence-corrected chi connectivity index (χ0v) is 8.73. The lowest BCUT2D eigenvalue weighted by molar-refractivity contribution is 0.0488. The molecular formula is C11H11F3O2. The molecule has 0 aliphatic carbocycles. The van der Waals surface area contributed by atoms with Crippen LogP contribution in [0.4, 0.5) is 13.2 Å². The Kier molecular flexibility index (Phi) is 4.34. The first-order valence-corrected chi connectivity index (χ1v) is 4.88. The largest absolute Gasteiger partial charge is 0.462 e. The van der Waals surface area contributed by atoms with Crippen molar-refractivity contribution in [2.45, 2.75) is 19.8 Å². The number of carbonyl (C=O) groups is 1. The number of unbranched alkanes of at least 4 members (excludes halogenated alkanes) is 1. The number of rotatable bonds is 4. The molecule has 1 aromatic carbocycles. The molecular weight excluding hydrogens is 221 g/mol. The Morgan fingerprint density at radius 1 is 1.25 bits per heavy atom. The molecule has 0 saturated heterocycles. The normalized spacial score (nSPS) is 10.2. The van der Waals surface area contributed by atoms with Gasteiger partial charge in [0, 0.05) is 12.1 Å². The van der Waals surface area contributed by atoms with Crippen LogP contribution in [0.3, 0.4) is 0 Å². The number of ether oxygens (including phenoxy) is 1. The van der Waals surface area contributed by atoms with Crippen molar-refractivity contribution < 1.29 is 22.7 Å². The van der Waals surface area contributed by atoms with Gasteiger partial charge in [-0.1, -0.05) is 13.3 Å². The molecule has 0 fully saturated rings. The van der Waals surface area contributed by atoms with E-state index in [2.05, 4.69) is 4.74 Å². The summed E-state index contributed by atoms with van der Waals surface area (Å²) in [7, 11) is 0. The first-order chi connectivity index (χ1) is 7.56. The van der Waals surface area contributed by atoms with Gasteiger partial charge in [-0.05, 0) is 6.42 Å². The van der Waals surface area contributed by atoms with E-state index < -0.39 is 29.0 Å². The molecule has 0 aliphatic rings. The second-order valence-corrected chi connectivity index (χ2v) is 3.23. The van der Waals surface area contributed by atoms with Crippen LogP contribution < -0.4 is 0 Å². The van der Waals surface area contributed by atoms with Crippen LogP contribution in [0.25, 0.3) is 0 Å². The van der Waals surface area contributed by atoms with Gasteiger partial charge in [-0.2, -0.15) is 0 Å². The van der Waals surface area contributed by atoms with Crippen LogP contribution in [0, 0.1) is 17.5 Å². The maximum Gasteiger partial charge on any atom is 0.344 e. The Balaban J connectivity index is 2.83. The summed E-state index contributed by atoms with van der Waals surface area (Å²) < 4.78 is 43.4. The van der Waals surface area contributed by atoms with Gasteiger partial charge in [0.25, 0.3) is 0 Å². The third-order valence-corrected chi connectivity index (χ3v) is 1.94. The summed E-state index contributed by atoms with van der Waals surface area (Å²) in [6.07, 6.45) is 1.40. The molecule has 2 nitrogen and oxygen atoms in total. The standard InChI is InChI=1S/C11H11F3O2/c1-2-3-4-16-11(15)10-8(13)5-7(12)6-9(10)14/h5-6H,2-4H2,1H3. The van der Waals surface area contributed by atoms with Crippen LogP contribution in [-0.4, -0.2) is 12.6 Å². The first kappa shape index (κ1) is 12.5. The van der Waals surface area contributed by atoms with Gasteiger partial charge < -0.3 is 4.74 Å². The predicted molar refractivity (Wildman–Crippen MR) is 51.5 cm³/mol. The summed E-state index contributed by atoms with van der Waals surface area (Å²) in [5.74, 6) is -4.68. The number of carbonyl (C=O) groups excluding carboxylic acids is 1. The first-order valence-electron chi connectivity index (χ1n) is 4.88. The van der Waals surface area contributed by atoms with Crippen LogP contribution in [0.1, 0.15) is 30.1 Å². The van der Waals surface area contributed by atoms with Gasteiger partial charge in [-0.25, -0.2) is 18.0 Å². The summed E-state index contributed by atoms with van der Waals surface area (Å²) in [5.41, 5.74) is -0.850. The predicted octanol–water partition coefficient (Wildman–Crippen LogP) is 3.06. The maximum absolute atomic E-state index is 13.1. The lowest BCUT2D eigenvalue weighted by Gasteiger charge is -2.05. The van der Waals surface area contributed by atoms with Gasteiger partial charge in [-0.3, -0.25) is 0 Å². The summed E-state index contributed by atoms with van der Waals surface area (Å²) in [6, 6.07) is 0.888. The zero-order valence-electron chi connectivity index (χ0n) is 8.73. The Bertz CT molecular complexity index is 368. The van der Waals surface area contributed by atoms with Gasteiger partial charge in [0.05, 0.1) is 6.61 Å². The van der Waals surface area contributed by atoms with E-state index >= 15 is 0 Å². The third-order valence-electron chi connectivity index (χ3n) is 1.94. The number of hydrogen-bond donors (Lipinski definition) is 0. The molecule has 0 spiro atoms. The van der Waals surface area contributed by atoms with Crippen molar-refractivity contribution in [1.82, 2.24) is 0 Å². The van der Waals surface area contributed by atoms with E-state index in [1.165, 1.54) is 0 Å². The molecule has 0 radical (unpaired) electrons. The number of hydrogen-bond acceptors (Lipinski definition) is 2. The molecule has 0 atom stereocenters. The fourth-order valence-electron chi connectivity index (χ4n) is 1.12. The summed E-state index contributed by atoms with van der Waals surface area (Å²) >= 11 is 0. The molecule has 1 rings (SSSR count). The minimum atomic E-state index is -1.25. The van der Waals surface area contributed by atoms with E-state index in [1.807, 2.05) is 6.92 Å². The molecule has 1 aromatic rings. The van der Waals surface area contributed by atoms with Crippen LogP contribution in [0.15, 0.2) is 12.1 Å². The van der Waals surface area contributed by atoms with E-state index in [1.54, 1.807) is 0 Å². The average Bonchev–Trinajstić information content (AvgIpc) is 2.16. The van der Waals surface area contributed by atoms with Gasteiger partial charge in [-0.15, -0.1) is 0 Å². The smallest absolute Gasteiger partial charge is 0.344 e. The monoisotopic (exact) mass is 232 g/mol. The highest BCUT2D eigenvalue weighted by molar-refractivity contribution is 5.90. The Hall–Kier alpha value is -1.52. The number of benzene rings is 1. The second kappa shape index (κ2) is 5.53. The molecule has 0 aliphatic heterocycles. The Labute approximate surface area is 91.0 Å². The van der Waals surface area contributed by atoms with Crippen LogP contribution in [0.2, 0.25) is 0 Å². The van der Waals surface area contributed by atoms with Crippen LogP contribution in [0.5, 0.6) is 0 Å². The summed E-state index contributed by atoms with van der Waals surface area (Å²) in [6.45, 7) is 1.97. The number of halogens is 3. The average molecular weight is 232 g/mol. The van der Waals surface area contributed by atoms with Crippen molar-refractivity contribution in [3.63, 3.8) is 0 Å². The highest BCUT2D eigenvalue weighted by Crippen LogP contribution is 2.15. The van der Waals surface area contributed by atoms with Crippen molar-refractivity contribution in [3.05, 3.63) is 35.1 Å². The maximum atomic E-state index is 13.1. The van der Waals surface area contributed by atoms with Crippen molar-refractivity contribution in [2.24, 2.45) is 0 Å². The minimum absolute atomic E-state index is 0.0889.